The van der Waals surface area contributed by atoms with Crippen molar-refractivity contribution < 1.29 is 23.4 Å². The van der Waals surface area contributed by atoms with Crippen molar-refractivity contribution in [2.24, 2.45) is 46.8 Å². The number of hydrogen-bond donors (Lipinski definition) is 3. The smallest absolute Gasteiger partial charge is 0.331 e. The molecule has 2 aromatic carbocycles. The minimum absolute atomic E-state index is 0.0791. The number of amides is 2. The normalized spacial score (nSPS) is 34.8. The maximum atomic E-state index is 13.1. The van der Waals surface area contributed by atoms with Crippen LogP contribution >= 0.6 is 0 Å². The Morgan fingerprint density at radius 1 is 1.02 bits per heavy atom. The van der Waals surface area contributed by atoms with E-state index in [0.717, 1.165) is 75.0 Å². The number of nitrogens with zero attached hydrogens (tertiary/aromatic N) is 1. The molecule has 2 amide bonds. The molecule has 3 saturated carbocycles. The van der Waals surface area contributed by atoms with Crippen molar-refractivity contribution in [2.45, 2.75) is 109 Å². The molecule has 3 aliphatic carbocycles. The largest absolute Gasteiger partial charge is 0.393 e. The highest BCUT2D eigenvalue weighted by Crippen LogP contribution is 2.63. The van der Waals surface area contributed by atoms with Gasteiger partial charge in [-0.25, -0.2) is 17.9 Å². The van der Waals surface area contributed by atoms with Gasteiger partial charge in [-0.05, 0) is 128 Å². The molecule has 7 nitrogen and oxygen atoms in total. The number of benzene rings is 2. The van der Waals surface area contributed by atoms with Crippen molar-refractivity contribution in [3.05, 3.63) is 42.5 Å². The van der Waals surface area contributed by atoms with Crippen molar-refractivity contribution >= 4 is 26.8 Å². The first kappa shape index (κ1) is 34.2. The first-order chi connectivity index (χ1) is 21.4. The van der Waals surface area contributed by atoms with Gasteiger partial charge in [0.2, 0.25) is 0 Å². The molecule has 0 bridgehead atoms. The number of aliphatic hydroxyl groups is 2. The predicted molar refractivity (Wildman–Crippen MR) is 180 cm³/mol. The van der Waals surface area contributed by atoms with Crippen LogP contribution in [0.5, 0.6) is 0 Å². The van der Waals surface area contributed by atoms with Crippen LogP contribution in [0.2, 0.25) is 0 Å². The molecule has 3 aliphatic rings. The topological polar surface area (TPSA) is 107 Å². The molecule has 3 fully saturated rings. The van der Waals surface area contributed by atoms with E-state index in [-0.39, 0.29) is 28.4 Å². The molecule has 0 radical (unpaired) electrons. The van der Waals surface area contributed by atoms with Crippen molar-refractivity contribution in [3.63, 3.8) is 0 Å². The predicted octanol–water partition coefficient (Wildman–Crippen LogP) is 7.21. The molecule has 3 N–H and O–H groups in total. The molecule has 8 heteroatoms. The van der Waals surface area contributed by atoms with Gasteiger partial charge in [0.25, 0.3) is 10.0 Å². The van der Waals surface area contributed by atoms with Crippen LogP contribution in [0.1, 0.15) is 91.9 Å². The van der Waals surface area contributed by atoms with Gasteiger partial charge in [-0.15, -0.1) is 0 Å². The molecule has 0 spiro atoms. The summed E-state index contributed by atoms with van der Waals surface area (Å²) in [6.07, 6.45) is 9.28. The zero-order chi connectivity index (χ0) is 32.5. The second-order valence-corrected chi connectivity index (χ2v) is 16.8. The average molecular weight is 641 g/mol. The number of hydrogen-bond acceptors (Lipinski definition) is 5. The van der Waals surface area contributed by atoms with E-state index >= 15 is 0 Å². The Balaban J connectivity index is 1.23. The maximum absolute atomic E-state index is 13.1. The van der Waals surface area contributed by atoms with E-state index in [2.05, 4.69) is 32.4 Å². The number of aliphatic hydroxyl groups excluding tert-OH is 2. The molecular formula is C37H56N2O5S. The first-order valence-electron chi connectivity index (χ1n) is 17.5. The number of urea groups is 1. The zero-order valence-electron chi connectivity index (χ0n) is 28.0. The summed E-state index contributed by atoms with van der Waals surface area (Å²) in [5.74, 6) is 2.86. The average Bonchev–Trinajstić information content (AvgIpc) is 3.38. The monoisotopic (exact) mass is 640 g/mol. The van der Waals surface area contributed by atoms with Crippen LogP contribution in [0.3, 0.4) is 0 Å². The summed E-state index contributed by atoms with van der Waals surface area (Å²) in [7, 11) is -2.33. The van der Waals surface area contributed by atoms with Gasteiger partial charge in [0.05, 0.1) is 17.1 Å². The quantitative estimate of drug-likeness (QED) is 0.297. The van der Waals surface area contributed by atoms with Crippen molar-refractivity contribution in [3.8, 4) is 0 Å². The molecule has 45 heavy (non-hydrogen) atoms. The Labute approximate surface area is 271 Å². The summed E-state index contributed by atoms with van der Waals surface area (Å²) in [5.41, 5.74) is 0.142. The van der Waals surface area contributed by atoms with Crippen molar-refractivity contribution in [2.75, 3.05) is 13.6 Å². The Morgan fingerprint density at radius 2 is 1.73 bits per heavy atom. The third-order valence-electron chi connectivity index (χ3n) is 12.6. The summed E-state index contributed by atoms with van der Waals surface area (Å²) in [6.45, 7) is 9.77. The van der Waals surface area contributed by atoms with Crippen LogP contribution in [0.4, 0.5) is 4.79 Å². The third-order valence-corrected chi connectivity index (χ3v) is 13.9. The van der Waals surface area contributed by atoms with E-state index in [9.17, 15) is 23.4 Å². The molecule has 0 aliphatic heterocycles. The standard InChI is InChI=1S/C37H56N2O5S/c1-6-26-12-15-29(40)14-11-24(2)31-19-21-37(4)32(17-18-33(37)34(31)35(26)41)25(3)20-22-39(5)36(42)38-45(43,44)30-16-13-27-9-7-8-10-28(27)23-30/h7-10,13,16,23-26,29,31-35,40-41H,6,11-12,14-15,17-22H2,1-5H3,(H,38,42)/t24?,25-,26-,29-,31-,32-,33+,34-,35-,37?/m1/s1. The summed E-state index contributed by atoms with van der Waals surface area (Å²) >= 11 is 0. The Kier molecular flexibility index (Phi) is 10.6. The van der Waals surface area contributed by atoms with Crippen LogP contribution < -0.4 is 4.72 Å². The van der Waals surface area contributed by atoms with Gasteiger partial charge in [0, 0.05) is 13.6 Å². The lowest BCUT2D eigenvalue weighted by Crippen LogP contribution is -2.50. The lowest BCUT2D eigenvalue weighted by Gasteiger charge is -2.54. The minimum Gasteiger partial charge on any atom is -0.393 e. The van der Waals surface area contributed by atoms with Crippen molar-refractivity contribution in [1.82, 2.24) is 9.62 Å². The molecule has 0 saturated heterocycles. The molecule has 5 rings (SSSR count). The molecular weight excluding hydrogens is 584 g/mol. The van der Waals surface area contributed by atoms with E-state index in [0.29, 0.717) is 42.1 Å². The third kappa shape index (κ3) is 7.08. The SMILES string of the molecule is CC[C@@H]1CC[C@H](O)CCC(C)[C@H]2CCC3(C)[C@@H]([C@H](C)CCN(C)C(=O)NS(=O)(=O)c4ccc5ccccc5c4)CC[C@H]3[C@@H]2[C@@H]1O. The number of carbonyl (C=O) groups excluding carboxylic acids is 1. The van der Waals surface area contributed by atoms with Crippen molar-refractivity contribution in [1.29, 1.82) is 0 Å². The highest BCUT2D eigenvalue weighted by Gasteiger charge is 2.57. The minimum atomic E-state index is -4.00. The van der Waals surface area contributed by atoms with E-state index in [1.54, 1.807) is 19.2 Å². The lowest BCUT2D eigenvalue weighted by molar-refractivity contribution is -0.100. The van der Waals surface area contributed by atoms with Gasteiger partial charge >= 0.3 is 6.03 Å². The van der Waals surface area contributed by atoms with Gasteiger partial charge in [0.15, 0.2) is 0 Å². The Hall–Kier alpha value is -2.16. The van der Waals surface area contributed by atoms with Gasteiger partial charge in [0.1, 0.15) is 0 Å². The molecule has 2 aromatic rings. The fourth-order valence-electron chi connectivity index (χ4n) is 9.79. The fourth-order valence-corrected chi connectivity index (χ4v) is 10.8. The van der Waals surface area contributed by atoms with E-state index < -0.39 is 16.1 Å². The number of sulfonamides is 1. The fraction of sp³-hybridized carbons (Fsp3) is 0.703. The first-order valence-corrected chi connectivity index (χ1v) is 19.0. The molecule has 0 aromatic heterocycles. The van der Waals surface area contributed by atoms with E-state index in [4.69, 9.17) is 0 Å². The summed E-state index contributed by atoms with van der Waals surface area (Å²) in [4.78, 5) is 14.6. The molecule has 2 unspecified atom stereocenters. The van der Waals surface area contributed by atoms with Crippen LogP contribution in [-0.2, 0) is 10.0 Å². The molecule has 0 heterocycles. The van der Waals surface area contributed by atoms with E-state index in [1.165, 1.54) is 11.0 Å². The van der Waals surface area contributed by atoms with Crippen LogP contribution in [0, 0.1) is 46.8 Å². The van der Waals surface area contributed by atoms with Gasteiger partial charge < -0.3 is 15.1 Å². The summed E-state index contributed by atoms with van der Waals surface area (Å²) < 4.78 is 28.4. The van der Waals surface area contributed by atoms with Crippen LogP contribution in [-0.4, -0.2) is 55.4 Å². The molecule has 250 valence electrons. The highest BCUT2D eigenvalue weighted by molar-refractivity contribution is 7.90. The number of nitrogens with one attached hydrogen (secondary N) is 1. The van der Waals surface area contributed by atoms with Gasteiger partial charge in [-0.2, -0.15) is 0 Å². The number of rotatable bonds is 7. The second kappa shape index (κ2) is 13.9. The van der Waals surface area contributed by atoms with Gasteiger partial charge in [-0.3, -0.25) is 0 Å². The number of fused-ring (bicyclic) bond motifs is 4. The maximum Gasteiger partial charge on any atom is 0.331 e. The summed E-state index contributed by atoms with van der Waals surface area (Å²) in [6, 6.07) is 11.8. The second-order valence-electron chi connectivity index (χ2n) is 15.1. The highest BCUT2D eigenvalue weighted by atomic mass is 32.2. The zero-order valence-corrected chi connectivity index (χ0v) is 28.8. The number of carbonyl (C=O) groups is 1. The Bertz CT molecular complexity index is 1430. The van der Waals surface area contributed by atoms with Crippen LogP contribution in [0.15, 0.2) is 47.4 Å². The van der Waals surface area contributed by atoms with Gasteiger partial charge in [-0.1, -0.05) is 64.4 Å². The van der Waals surface area contributed by atoms with Crippen LogP contribution in [0.25, 0.3) is 10.8 Å². The van der Waals surface area contributed by atoms with E-state index in [1.807, 2.05) is 24.3 Å². The molecule has 10 atom stereocenters. The lowest BCUT2D eigenvalue weighted by atomic mass is 9.52. The Morgan fingerprint density at radius 3 is 2.47 bits per heavy atom. The summed E-state index contributed by atoms with van der Waals surface area (Å²) in [5, 5.41) is 24.3.